The summed E-state index contributed by atoms with van der Waals surface area (Å²) in [5.74, 6) is 0. The van der Waals surface area contributed by atoms with Crippen molar-refractivity contribution in [2.75, 3.05) is 13.1 Å². The van der Waals surface area contributed by atoms with Gasteiger partial charge in [0.25, 0.3) is 0 Å². The zero-order valence-corrected chi connectivity index (χ0v) is 10.8. The normalized spacial score (nSPS) is 23.7. The summed E-state index contributed by atoms with van der Waals surface area (Å²) in [5.41, 5.74) is 7.35. The first-order chi connectivity index (χ1) is 9.18. The van der Waals surface area contributed by atoms with Crippen LogP contribution in [0.4, 0.5) is 4.79 Å². The number of nitrogens with zero attached hydrogens (tertiary/aromatic N) is 3. The summed E-state index contributed by atoms with van der Waals surface area (Å²) in [7, 11) is 0. The number of fused-ring (bicyclic) bond motifs is 1. The molecular formula is C13H17N5O. The molecule has 1 fully saturated rings. The van der Waals surface area contributed by atoms with Crippen molar-refractivity contribution in [2.24, 2.45) is 5.73 Å². The maximum Gasteiger partial charge on any atom is 0.315 e. The minimum absolute atomic E-state index is 0.0938. The van der Waals surface area contributed by atoms with Crippen molar-refractivity contribution in [3.63, 3.8) is 0 Å². The Morgan fingerprint density at radius 2 is 2.37 bits per heavy atom. The molecule has 3 N–H and O–H groups in total. The van der Waals surface area contributed by atoms with E-state index < -0.39 is 0 Å². The smallest absolute Gasteiger partial charge is 0.315 e. The number of primary amides is 1. The predicted molar refractivity (Wildman–Crippen MR) is 71.7 cm³/mol. The van der Waals surface area contributed by atoms with Crippen LogP contribution in [0.1, 0.15) is 18.7 Å². The van der Waals surface area contributed by atoms with Gasteiger partial charge in [-0.25, -0.2) is 9.78 Å². The minimum atomic E-state index is -0.385. The van der Waals surface area contributed by atoms with Gasteiger partial charge in [-0.1, -0.05) is 6.07 Å². The molecule has 6 heteroatoms. The SMILES string of the molecule is CC1NCCN(C(N)=O)C1c1cnc2ccccn12. The van der Waals surface area contributed by atoms with E-state index in [9.17, 15) is 4.79 Å². The topological polar surface area (TPSA) is 75.7 Å². The average Bonchev–Trinajstić information content (AvgIpc) is 2.82. The van der Waals surface area contributed by atoms with Gasteiger partial charge >= 0.3 is 6.03 Å². The van der Waals surface area contributed by atoms with Crippen LogP contribution < -0.4 is 11.1 Å². The van der Waals surface area contributed by atoms with Crippen molar-refractivity contribution in [3.05, 3.63) is 36.3 Å². The molecule has 3 rings (SSSR count). The molecule has 0 saturated carbocycles. The molecule has 1 aliphatic heterocycles. The highest BCUT2D eigenvalue weighted by Gasteiger charge is 2.33. The summed E-state index contributed by atoms with van der Waals surface area (Å²) in [5, 5.41) is 3.38. The first-order valence-electron chi connectivity index (χ1n) is 6.40. The number of pyridine rings is 1. The molecule has 19 heavy (non-hydrogen) atoms. The number of amides is 2. The predicted octanol–water partition coefficient (Wildman–Crippen LogP) is 0.748. The molecule has 2 atom stereocenters. The Balaban J connectivity index is 2.09. The number of imidazole rings is 1. The number of hydrogen-bond acceptors (Lipinski definition) is 3. The molecule has 2 unspecified atom stereocenters. The number of carbonyl (C=O) groups is 1. The van der Waals surface area contributed by atoms with Crippen LogP contribution in [0.3, 0.4) is 0 Å². The summed E-state index contributed by atoms with van der Waals surface area (Å²) in [4.78, 5) is 17.7. The number of carbonyl (C=O) groups excluding carboxylic acids is 1. The summed E-state index contributed by atoms with van der Waals surface area (Å²) in [6.45, 7) is 3.43. The van der Waals surface area contributed by atoms with Crippen LogP contribution in [0, 0.1) is 0 Å². The maximum atomic E-state index is 11.6. The third-order valence-electron chi connectivity index (χ3n) is 3.66. The third kappa shape index (κ3) is 1.94. The summed E-state index contributed by atoms with van der Waals surface area (Å²) in [6.07, 6.45) is 3.78. The Kier molecular flexibility index (Phi) is 2.87. The van der Waals surface area contributed by atoms with Gasteiger partial charge < -0.3 is 20.4 Å². The van der Waals surface area contributed by atoms with Gasteiger partial charge in [0.2, 0.25) is 0 Å². The number of nitrogens with one attached hydrogen (secondary N) is 1. The van der Waals surface area contributed by atoms with Crippen LogP contribution in [0.25, 0.3) is 5.65 Å². The number of rotatable bonds is 1. The van der Waals surface area contributed by atoms with Crippen LogP contribution in [0.2, 0.25) is 0 Å². The molecule has 2 aromatic rings. The van der Waals surface area contributed by atoms with Crippen molar-refractivity contribution in [3.8, 4) is 0 Å². The first-order valence-corrected chi connectivity index (χ1v) is 6.40. The minimum Gasteiger partial charge on any atom is -0.351 e. The van der Waals surface area contributed by atoms with E-state index in [2.05, 4.69) is 17.2 Å². The fraction of sp³-hybridized carbons (Fsp3) is 0.385. The lowest BCUT2D eigenvalue weighted by Gasteiger charge is -2.39. The van der Waals surface area contributed by atoms with Gasteiger partial charge in [0, 0.05) is 25.3 Å². The quantitative estimate of drug-likeness (QED) is 0.793. The van der Waals surface area contributed by atoms with Crippen LogP contribution in [-0.2, 0) is 0 Å². The van der Waals surface area contributed by atoms with E-state index in [0.717, 1.165) is 17.9 Å². The Bertz CT molecular complexity index is 608. The lowest BCUT2D eigenvalue weighted by atomic mass is 10.0. The Morgan fingerprint density at radius 1 is 1.53 bits per heavy atom. The van der Waals surface area contributed by atoms with E-state index in [1.54, 1.807) is 4.90 Å². The highest BCUT2D eigenvalue weighted by molar-refractivity contribution is 5.73. The van der Waals surface area contributed by atoms with Gasteiger partial charge in [-0.2, -0.15) is 0 Å². The third-order valence-corrected chi connectivity index (χ3v) is 3.66. The molecule has 0 aliphatic carbocycles. The van der Waals surface area contributed by atoms with Crippen molar-refractivity contribution in [2.45, 2.75) is 19.0 Å². The average molecular weight is 259 g/mol. The first kappa shape index (κ1) is 12.0. The summed E-state index contributed by atoms with van der Waals surface area (Å²) < 4.78 is 2.00. The standard InChI is InChI=1S/C13H17N5O/c1-9-12(18(13(14)19)7-5-15-9)10-8-16-11-4-2-3-6-17(10)11/h2-4,6,8-9,12,15H,5,7H2,1H3,(H2,14,19). The highest BCUT2D eigenvalue weighted by atomic mass is 16.2. The molecule has 0 spiro atoms. The monoisotopic (exact) mass is 259 g/mol. The zero-order chi connectivity index (χ0) is 13.4. The van der Waals surface area contributed by atoms with Crippen molar-refractivity contribution in [1.82, 2.24) is 19.6 Å². The van der Waals surface area contributed by atoms with Gasteiger partial charge in [0.15, 0.2) is 0 Å². The van der Waals surface area contributed by atoms with Gasteiger partial charge in [-0.3, -0.25) is 0 Å². The Hall–Kier alpha value is -2.08. The molecule has 0 radical (unpaired) electrons. The second-order valence-electron chi connectivity index (χ2n) is 4.83. The Morgan fingerprint density at radius 3 is 3.16 bits per heavy atom. The van der Waals surface area contributed by atoms with Crippen molar-refractivity contribution < 1.29 is 4.79 Å². The fourth-order valence-corrected chi connectivity index (χ4v) is 2.77. The summed E-state index contributed by atoms with van der Waals surface area (Å²) >= 11 is 0. The van der Waals surface area contributed by atoms with Crippen LogP contribution in [0.5, 0.6) is 0 Å². The van der Waals surface area contributed by atoms with Gasteiger partial charge in [-0.15, -0.1) is 0 Å². The van der Waals surface area contributed by atoms with E-state index in [1.807, 2.05) is 35.0 Å². The number of urea groups is 1. The second-order valence-corrected chi connectivity index (χ2v) is 4.83. The molecule has 6 nitrogen and oxygen atoms in total. The van der Waals surface area contributed by atoms with Crippen LogP contribution >= 0.6 is 0 Å². The molecule has 1 saturated heterocycles. The largest absolute Gasteiger partial charge is 0.351 e. The van der Waals surface area contributed by atoms with E-state index in [1.165, 1.54) is 0 Å². The Labute approximate surface area is 111 Å². The molecule has 2 aromatic heterocycles. The van der Waals surface area contributed by atoms with Crippen molar-refractivity contribution in [1.29, 1.82) is 0 Å². The molecule has 100 valence electrons. The molecule has 1 aliphatic rings. The lowest BCUT2D eigenvalue weighted by Crippen LogP contribution is -2.55. The highest BCUT2D eigenvalue weighted by Crippen LogP contribution is 2.27. The number of nitrogens with two attached hydrogens (primary N) is 1. The van der Waals surface area contributed by atoms with Gasteiger partial charge in [0.1, 0.15) is 5.65 Å². The number of hydrogen-bond donors (Lipinski definition) is 2. The van der Waals surface area contributed by atoms with Gasteiger partial charge in [-0.05, 0) is 19.1 Å². The summed E-state index contributed by atoms with van der Waals surface area (Å²) in [6, 6.07) is 5.50. The van der Waals surface area contributed by atoms with Crippen LogP contribution in [0.15, 0.2) is 30.6 Å². The molecule has 0 bridgehead atoms. The number of aromatic nitrogens is 2. The maximum absolute atomic E-state index is 11.6. The van der Waals surface area contributed by atoms with E-state index in [0.29, 0.717) is 6.54 Å². The second kappa shape index (κ2) is 4.55. The van der Waals surface area contributed by atoms with Crippen molar-refractivity contribution >= 4 is 11.7 Å². The van der Waals surface area contributed by atoms with E-state index in [-0.39, 0.29) is 18.1 Å². The molecule has 3 heterocycles. The van der Waals surface area contributed by atoms with E-state index in [4.69, 9.17) is 5.73 Å². The fourth-order valence-electron chi connectivity index (χ4n) is 2.77. The molecule has 0 aromatic carbocycles. The van der Waals surface area contributed by atoms with Crippen LogP contribution in [-0.4, -0.2) is 39.4 Å². The van der Waals surface area contributed by atoms with E-state index >= 15 is 0 Å². The lowest BCUT2D eigenvalue weighted by molar-refractivity contribution is 0.142. The molecular weight excluding hydrogens is 242 g/mol. The zero-order valence-electron chi connectivity index (χ0n) is 10.8. The van der Waals surface area contributed by atoms with Gasteiger partial charge in [0.05, 0.1) is 17.9 Å². The number of piperazine rings is 1. The molecule has 2 amide bonds.